The Kier molecular flexibility index (Phi) is 6.89. The molecule has 0 saturated carbocycles. The average molecular weight is 265 g/mol. The second-order valence-corrected chi connectivity index (χ2v) is 5.01. The van der Waals surface area contributed by atoms with Crippen LogP contribution < -0.4 is 10.1 Å². The first-order chi connectivity index (χ1) is 9.12. The minimum Gasteiger partial charge on any atom is -0.497 e. The van der Waals surface area contributed by atoms with Gasteiger partial charge in [0.25, 0.3) is 0 Å². The van der Waals surface area contributed by atoms with Gasteiger partial charge in [-0.15, -0.1) is 0 Å². The maximum atomic E-state index is 5.40. The van der Waals surface area contributed by atoms with Crippen LogP contribution >= 0.6 is 0 Å². The van der Waals surface area contributed by atoms with Crippen LogP contribution in [0.5, 0.6) is 5.75 Å². The number of nitrogens with one attached hydrogen (secondary N) is 1. The maximum absolute atomic E-state index is 5.40. The van der Waals surface area contributed by atoms with E-state index in [0.29, 0.717) is 6.04 Å². The third kappa shape index (κ3) is 4.84. The molecule has 0 saturated heterocycles. The molecule has 0 heterocycles. The predicted octanol–water partition coefficient (Wildman–Crippen LogP) is 3.47. The van der Waals surface area contributed by atoms with Crippen LogP contribution in [0.1, 0.15) is 43.9 Å². The number of ether oxygens (including phenoxy) is 2. The predicted molar refractivity (Wildman–Crippen MR) is 79.9 cm³/mol. The molecule has 3 nitrogen and oxygen atoms in total. The number of benzene rings is 1. The summed E-state index contributed by atoms with van der Waals surface area (Å²) in [5.74, 6) is 0.912. The van der Waals surface area contributed by atoms with Crippen LogP contribution in [0.3, 0.4) is 0 Å². The van der Waals surface area contributed by atoms with Crippen molar-refractivity contribution in [3.63, 3.8) is 0 Å². The van der Waals surface area contributed by atoms with Gasteiger partial charge in [-0.2, -0.15) is 0 Å². The molecule has 0 aliphatic carbocycles. The van der Waals surface area contributed by atoms with Gasteiger partial charge in [0, 0.05) is 13.2 Å². The van der Waals surface area contributed by atoms with Gasteiger partial charge in [0.2, 0.25) is 0 Å². The van der Waals surface area contributed by atoms with E-state index in [2.05, 4.69) is 38.2 Å². The Hall–Kier alpha value is -1.06. The standard InChI is InChI=1S/C16H27NO2/c1-6-9-17-16(11-13(3)18-4)15-8-7-14(19-5)10-12(15)2/h7-8,10,13,16-17H,6,9,11H2,1-5H3. The fraction of sp³-hybridized carbons (Fsp3) is 0.625. The van der Waals surface area contributed by atoms with Gasteiger partial charge < -0.3 is 14.8 Å². The largest absolute Gasteiger partial charge is 0.497 e. The fourth-order valence-corrected chi connectivity index (χ4v) is 2.23. The first kappa shape index (κ1) is 16.0. The summed E-state index contributed by atoms with van der Waals surface area (Å²) in [6, 6.07) is 6.61. The summed E-state index contributed by atoms with van der Waals surface area (Å²) in [7, 11) is 3.47. The highest BCUT2D eigenvalue weighted by molar-refractivity contribution is 5.36. The minimum absolute atomic E-state index is 0.246. The van der Waals surface area contributed by atoms with E-state index >= 15 is 0 Å². The van der Waals surface area contributed by atoms with Crippen LogP contribution in [0.25, 0.3) is 0 Å². The molecule has 0 aliphatic heterocycles. The minimum atomic E-state index is 0.246. The number of hydrogen-bond donors (Lipinski definition) is 1. The van der Waals surface area contributed by atoms with Gasteiger partial charge in [-0.25, -0.2) is 0 Å². The van der Waals surface area contributed by atoms with Gasteiger partial charge in [0.15, 0.2) is 0 Å². The highest BCUT2D eigenvalue weighted by Crippen LogP contribution is 2.26. The van der Waals surface area contributed by atoms with Crippen molar-refractivity contribution in [2.45, 2.75) is 45.8 Å². The lowest BCUT2D eigenvalue weighted by Crippen LogP contribution is -2.26. The Bertz CT molecular complexity index is 379. The summed E-state index contributed by atoms with van der Waals surface area (Å²) < 4.78 is 10.7. The molecule has 1 N–H and O–H groups in total. The molecular formula is C16H27NO2. The van der Waals surface area contributed by atoms with Gasteiger partial charge in [0.1, 0.15) is 5.75 Å². The summed E-state index contributed by atoms with van der Waals surface area (Å²) in [6.45, 7) is 7.45. The van der Waals surface area contributed by atoms with Crippen molar-refractivity contribution in [1.82, 2.24) is 5.32 Å². The lowest BCUT2D eigenvalue weighted by Gasteiger charge is -2.24. The molecule has 1 aromatic carbocycles. The number of hydrogen-bond acceptors (Lipinski definition) is 3. The molecule has 108 valence electrons. The zero-order chi connectivity index (χ0) is 14.3. The molecule has 0 bridgehead atoms. The van der Waals surface area contributed by atoms with Crippen molar-refractivity contribution in [1.29, 1.82) is 0 Å². The third-order valence-corrected chi connectivity index (χ3v) is 3.46. The van der Waals surface area contributed by atoms with E-state index in [9.17, 15) is 0 Å². The lowest BCUT2D eigenvalue weighted by molar-refractivity contribution is 0.100. The van der Waals surface area contributed by atoms with Crippen molar-refractivity contribution in [3.05, 3.63) is 29.3 Å². The van der Waals surface area contributed by atoms with E-state index in [4.69, 9.17) is 9.47 Å². The summed E-state index contributed by atoms with van der Waals surface area (Å²) >= 11 is 0. The van der Waals surface area contributed by atoms with Gasteiger partial charge >= 0.3 is 0 Å². The highest BCUT2D eigenvalue weighted by Gasteiger charge is 2.16. The SMILES string of the molecule is CCCNC(CC(C)OC)c1ccc(OC)cc1C. The monoisotopic (exact) mass is 265 g/mol. The van der Waals surface area contributed by atoms with Crippen LogP contribution in [0.15, 0.2) is 18.2 Å². The molecule has 2 atom stereocenters. The lowest BCUT2D eigenvalue weighted by atomic mass is 9.96. The second kappa shape index (κ2) is 8.18. The smallest absolute Gasteiger partial charge is 0.119 e. The number of rotatable bonds is 8. The fourth-order valence-electron chi connectivity index (χ4n) is 2.23. The Morgan fingerprint density at radius 3 is 2.53 bits per heavy atom. The van der Waals surface area contributed by atoms with Crippen LogP contribution in [0.4, 0.5) is 0 Å². The molecule has 1 rings (SSSR count). The molecule has 3 heteroatoms. The van der Waals surface area contributed by atoms with Crippen LogP contribution in [0, 0.1) is 6.92 Å². The van der Waals surface area contributed by atoms with Crippen LogP contribution in [0.2, 0.25) is 0 Å². The summed E-state index contributed by atoms with van der Waals surface area (Å²) in [5.41, 5.74) is 2.59. The normalized spacial score (nSPS) is 14.2. The quantitative estimate of drug-likeness (QED) is 0.780. The van der Waals surface area contributed by atoms with Gasteiger partial charge in [-0.3, -0.25) is 0 Å². The molecule has 0 fully saturated rings. The summed E-state index contributed by atoms with van der Waals surface area (Å²) in [5, 5.41) is 3.61. The Labute approximate surface area is 117 Å². The van der Waals surface area contributed by atoms with E-state index in [0.717, 1.165) is 25.1 Å². The van der Waals surface area contributed by atoms with Crippen LogP contribution in [-0.2, 0) is 4.74 Å². The first-order valence-electron chi connectivity index (χ1n) is 7.03. The summed E-state index contributed by atoms with van der Waals surface area (Å²) in [6.07, 6.45) is 2.35. The van der Waals surface area contributed by atoms with E-state index < -0.39 is 0 Å². The van der Waals surface area contributed by atoms with E-state index in [-0.39, 0.29) is 6.10 Å². The Morgan fingerprint density at radius 2 is 2.00 bits per heavy atom. The topological polar surface area (TPSA) is 30.5 Å². The first-order valence-corrected chi connectivity index (χ1v) is 7.03. The highest BCUT2D eigenvalue weighted by atomic mass is 16.5. The molecule has 0 spiro atoms. The van der Waals surface area contributed by atoms with E-state index in [1.54, 1.807) is 14.2 Å². The Morgan fingerprint density at radius 1 is 1.26 bits per heavy atom. The van der Waals surface area contributed by atoms with Gasteiger partial charge in [-0.05, 0) is 56.5 Å². The molecule has 0 amide bonds. The van der Waals surface area contributed by atoms with Crippen LogP contribution in [-0.4, -0.2) is 26.9 Å². The Balaban J connectivity index is 2.89. The van der Waals surface area contributed by atoms with Crippen molar-refractivity contribution >= 4 is 0 Å². The number of methoxy groups -OCH3 is 2. The molecule has 1 aromatic rings. The van der Waals surface area contributed by atoms with E-state index in [1.807, 2.05) is 6.07 Å². The molecular weight excluding hydrogens is 238 g/mol. The third-order valence-electron chi connectivity index (χ3n) is 3.46. The zero-order valence-electron chi connectivity index (χ0n) is 12.8. The molecule has 0 aromatic heterocycles. The summed E-state index contributed by atoms with van der Waals surface area (Å²) in [4.78, 5) is 0. The molecule has 2 unspecified atom stereocenters. The molecule has 0 radical (unpaired) electrons. The van der Waals surface area contributed by atoms with Gasteiger partial charge in [0.05, 0.1) is 13.2 Å². The number of aryl methyl sites for hydroxylation is 1. The average Bonchev–Trinajstić information content (AvgIpc) is 2.43. The van der Waals surface area contributed by atoms with Crippen molar-refractivity contribution in [2.24, 2.45) is 0 Å². The molecule has 19 heavy (non-hydrogen) atoms. The zero-order valence-corrected chi connectivity index (χ0v) is 12.8. The van der Waals surface area contributed by atoms with E-state index in [1.165, 1.54) is 11.1 Å². The maximum Gasteiger partial charge on any atom is 0.119 e. The molecule has 0 aliphatic rings. The second-order valence-electron chi connectivity index (χ2n) is 5.01. The van der Waals surface area contributed by atoms with Crippen molar-refractivity contribution < 1.29 is 9.47 Å². The van der Waals surface area contributed by atoms with Crippen molar-refractivity contribution in [2.75, 3.05) is 20.8 Å². The van der Waals surface area contributed by atoms with Gasteiger partial charge in [-0.1, -0.05) is 13.0 Å². The van der Waals surface area contributed by atoms with Crippen molar-refractivity contribution in [3.8, 4) is 5.75 Å².